The number of para-hydroxylation sites is 1. The number of rotatable bonds is 4. The van der Waals surface area contributed by atoms with E-state index in [4.69, 9.17) is 5.11 Å². The van der Waals surface area contributed by atoms with Gasteiger partial charge in [0.25, 0.3) is 0 Å². The van der Waals surface area contributed by atoms with Crippen LogP contribution in [-0.4, -0.2) is 23.7 Å². The molecular formula is C14H19NO2. The first kappa shape index (κ1) is 12.0. The lowest BCUT2D eigenvalue weighted by Gasteiger charge is -2.38. The van der Waals surface area contributed by atoms with E-state index in [0.29, 0.717) is 6.04 Å². The van der Waals surface area contributed by atoms with Gasteiger partial charge >= 0.3 is 5.97 Å². The molecule has 0 bridgehead atoms. The number of anilines is 1. The molecule has 1 aromatic rings. The molecule has 1 N–H and O–H groups in total. The quantitative estimate of drug-likeness (QED) is 0.869. The number of benzene rings is 1. The molecule has 0 aliphatic carbocycles. The highest BCUT2D eigenvalue weighted by atomic mass is 16.4. The number of carboxylic acid groups (broad SMARTS) is 1. The van der Waals surface area contributed by atoms with Crippen molar-refractivity contribution in [3.05, 3.63) is 29.8 Å². The van der Waals surface area contributed by atoms with Crippen molar-refractivity contribution in [3.63, 3.8) is 0 Å². The average Bonchev–Trinajstić information content (AvgIpc) is 2.32. The summed E-state index contributed by atoms with van der Waals surface area (Å²) in [6.07, 6.45) is 4.31. The lowest BCUT2D eigenvalue weighted by atomic mass is 9.93. The van der Waals surface area contributed by atoms with Crippen molar-refractivity contribution in [3.8, 4) is 0 Å². The van der Waals surface area contributed by atoms with Crippen LogP contribution in [0.4, 0.5) is 5.69 Å². The first-order chi connectivity index (χ1) is 8.22. The van der Waals surface area contributed by atoms with Crippen LogP contribution in [-0.2, 0) is 11.2 Å². The van der Waals surface area contributed by atoms with Crippen molar-refractivity contribution < 1.29 is 9.90 Å². The number of carbonyl (C=O) groups is 1. The number of hydrogen-bond donors (Lipinski definition) is 1. The largest absolute Gasteiger partial charge is 0.480 e. The number of aryl methyl sites for hydroxylation is 1. The van der Waals surface area contributed by atoms with E-state index in [2.05, 4.69) is 17.9 Å². The molecule has 1 unspecified atom stereocenters. The minimum absolute atomic E-state index is 0.113. The zero-order valence-corrected chi connectivity index (χ0v) is 10.2. The van der Waals surface area contributed by atoms with Crippen LogP contribution >= 0.6 is 0 Å². The molecule has 1 atom stereocenters. The van der Waals surface area contributed by atoms with Gasteiger partial charge in [-0.1, -0.05) is 31.5 Å². The zero-order valence-electron chi connectivity index (χ0n) is 10.2. The average molecular weight is 233 g/mol. The molecule has 3 nitrogen and oxygen atoms in total. The molecule has 92 valence electrons. The number of aliphatic carboxylic acids is 1. The molecule has 17 heavy (non-hydrogen) atoms. The van der Waals surface area contributed by atoms with E-state index in [0.717, 1.165) is 31.4 Å². The second-order valence-corrected chi connectivity index (χ2v) is 4.63. The van der Waals surface area contributed by atoms with Crippen LogP contribution < -0.4 is 4.90 Å². The van der Waals surface area contributed by atoms with Crippen molar-refractivity contribution in [1.82, 2.24) is 0 Å². The number of fused-ring (bicyclic) bond motifs is 1. The fraction of sp³-hybridized carbons (Fsp3) is 0.500. The van der Waals surface area contributed by atoms with Gasteiger partial charge in [-0.05, 0) is 30.9 Å². The molecule has 0 aromatic heterocycles. The molecule has 0 amide bonds. The molecule has 3 heteroatoms. The van der Waals surface area contributed by atoms with Crippen molar-refractivity contribution in [2.75, 3.05) is 11.4 Å². The van der Waals surface area contributed by atoms with Crippen LogP contribution in [0, 0.1) is 0 Å². The Morgan fingerprint density at radius 1 is 1.47 bits per heavy atom. The summed E-state index contributed by atoms with van der Waals surface area (Å²) in [7, 11) is 0. The van der Waals surface area contributed by atoms with Crippen molar-refractivity contribution in [1.29, 1.82) is 0 Å². The highest BCUT2D eigenvalue weighted by Crippen LogP contribution is 2.31. The molecule has 0 saturated heterocycles. The Kier molecular flexibility index (Phi) is 3.67. The first-order valence-electron chi connectivity index (χ1n) is 6.28. The molecule has 1 aromatic carbocycles. The normalized spacial score (nSPS) is 18.9. The Labute approximate surface area is 102 Å². The maximum absolute atomic E-state index is 11.0. The Morgan fingerprint density at radius 2 is 2.24 bits per heavy atom. The molecule has 0 spiro atoms. The lowest BCUT2D eigenvalue weighted by molar-refractivity contribution is -0.135. The van der Waals surface area contributed by atoms with E-state index in [-0.39, 0.29) is 6.54 Å². The van der Waals surface area contributed by atoms with Crippen LogP contribution in [0.3, 0.4) is 0 Å². The summed E-state index contributed by atoms with van der Waals surface area (Å²) >= 11 is 0. The van der Waals surface area contributed by atoms with Gasteiger partial charge in [0.05, 0.1) is 0 Å². The van der Waals surface area contributed by atoms with Gasteiger partial charge < -0.3 is 10.0 Å². The van der Waals surface area contributed by atoms with E-state index in [1.807, 2.05) is 18.2 Å². The second kappa shape index (κ2) is 5.21. The molecular weight excluding hydrogens is 214 g/mol. The van der Waals surface area contributed by atoms with Crippen molar-refractivity contribution >= 4 is 11.7 Å². The third-order valence-corrected chi connectivity index (χ3v) is 3.42. The van der Waals surface area contributed by atoms with E-state index in [1.165, 1.54) is 5.56 Å². The monoisotopic (exact) mass is 233 g/mol. The van der Waals surface area contributed by atoms with Gasteiger partial charge in [0.2, 0.25) is 0 Å². The number of hydrogen-bond acceptors (Lipinski definition) is 2. The highest BCUT2D eigenvalue weighted by molar-refractivity contribution is 5.75. The summed E-state index contributed by atoms with van der Waals surface area (Å²) < 4.78 is 0. The molecule has 1 aliphatic rings. The van der Waals surface area contributed by atoms with Crippen LogP contribution in [0.1, 0.15) is 31.7 Å². The van der Waals surface area contributed by atoms with E-state index in [1.54, 1.807) is 0 Å². The third kappa shape index (κ3) is 2.60. The van der Waals surface area contributed by atoms with Gasteiger partial charge in [-0.15, -0.1) is 0 Å². The molecule has 0 radical (unpaired) electrons. The van der Waals surface area contributed by atoms with Gasteiger partial charge in [-0.25, -0.2) is 0 Å². The summed E-state index contributed by atoms with van der Waals surface area (Å²) in [6, 6.07) is 8.54. The van der Waals surface area contributed by atoms with Crippen LogP contribution in [0.25, 0.3) is 0 Å². The first-order valence-corrected chi connectivity index (χ1v) is 6.28. The Balaban J connectivity index is 2.28. The minimum Gasteiger partial charge on any atom is -0.480 e. The maximum Gasteiger partial charge on any atom is 0.323 e. The maximum atomic E-state index is 11.0. The smallest absolute Gasteiger partial charge is 0.323 e. The van der Waals surface area contributed by atoms with Crippen LogP contribution in [0.5, 0.6) is 0 Å². The van der Waals surface area contributed by atoms with Crippen LogP contribution in [0.2, 0.25) is 0 Å². The molecule has 2 rings (SSSR count). The van der Waals surface area contributed by atoms with Gasteiger partial charge in [0.15, 0.2) is 0 Å². The minimum atomic E-state index is -0.747. The number of nitrogens with zero attached hydrogens (tertiary/aromatic N) is 1. The predicted molar refractivity (Wildman–Crippen MR) is 68.4 cm³/mol. The standard InChI is InChI=1S/C14H19NO2/c1-2-5-12-9-8-11-6-3-4-7-13(11)15(12)10-14(16)17/h3-4,6-7,12H,2,5,8-10H2,1H3,(H,16,17). The fourth-order valence-corrected chi connectivity index (χ4v) is 2.67. The van der Waals surface area contributed by atoms with Crippen LogP contribution in [0.15, 0.2) is 24.3 Å². The second-order valence-electron chi connectivity index (χ2n) is 4.63. The van der Waals surface area contributed by atoms with Gasteiger partial charge in [0, 0.05) is 11.7 Å². The van der Waals surface area contributed by atoms with Gasteiger partial charge in [-0.2, -0.15) is 0 Å². The number of carboxylic acids is 1. The third-order valence-electron chi connectivity index (χ3n) is 3.42. The van der Waals surface area contributed by atoms with Crippen molar-refractivity contribution in [2.24, 2.45) is 0 Å². The molecule has 0 saturated carbocycles. The predicted octanol–water partition coefficient (Wildman–Crippen LogP) is 2.69. The van der Waals surface area contributed by atoms with E-state index in [9.17, 15) is 4.79 Å². The zero-order chi connectivity index (χ0) is 12.3. The fourth-order valence-electron chi connectivity index (χ4n) is 2.67. The highest BCUT2D eigenvalue weighted by Gasteiger charge is 2.26. The lowest BCUT2D eigenvalue weighted by Crippen LogP contribution is -2.42. The summed E-state index contributed by atoms with van der Waals surface area (Å²) in [5.74, 6) is -0.747. The summed E-state index contributed by atoms with van der Waals surface area (Å²) in [5.41, 5.74) is 2.39. The molecule has 1 heterocycles. The van der Waals surface area contributed by atoms with Gasteiger partial charge in [0.1, 0.15) is 6.54 Å². The van der Waals surface area contributed by atoms with Crippen molar-refractivity contribution in [2.45, 2.75) is 38.6 Å². The SMILES string of the molecule is CCCC1CCc2ccccc2N1CC(=O)O. The Hall–Kier alpha value is -1.51. The molecule has 0 fully saturated rings. The topological polar surface area (TPSA) is 40.5 Å². The van der Waals surface area contributed by atoms with E-state index >= 15 is 0 Å². The van der Waals surface area contributed by atoms with Gasteiger partial charge in [-0.3, -0.25) is 4.79 Å². The Bertz CT molecular complexity index is 403. The van der Waals surface area contributed by atoms with E-state index < -0.39 is 5.97 Å². The summed E-state index contributed by atoms with van der Waals surface area (Å²) in [5, 5.41) is 9.04. The summed E-state index contributed by atoms with van der Waals surface area (Å²) in [6.45, 7) is 2.27. The summed E-state index contributed by atoms with van der Waals surface area (Å²) in [4.78, 5) is 13.0. The Morgan fingerprint density at radius 3 is 2.94 bits per heavy atom. The molecule has 1 aliphatic heterocycles.